The zero-order chi connectivity index (χ0) is 8.55. The molecule has 2 heterocycles. The van der Waals surface area contributed by atoms with Gasteiger partial charge in [-0.2, -0.15) is 0 Å². The number of hydrogen-bond donors (Lipinski definition) is 4. The number of aromatic nitrogens is 2. The summed E-state index contributed by atoms with van der Waals surface area (Å²) < 4.78 is 0. The van der Waals surface area contributed by atoms with Gasteiger partial charge in [0.2, 0.25) is 0 Å². The van der Waals surface area contributed by atoms with Gasteiger partial charge in [0.25, 0.3) is 0 Å². The first kappa shape index (κ1) is 7.11. The summed E-state index contributed by atoms with van der Waals surface area (Å²) >= 11 is 0. The first-order valence-corrected chi connectivity index (χ1v) is 3.62. The number of anilines is 1. The van der Waals surface area contributed by atoms with Gasteiger partial charge in [-0.15, -0.1) is 0 Å². The Morgan fingerprint density at radius 3 is 3.25 bits per heavy atom. The molecular formula is C6H10N6. The van der Waals surface area contributed by atoms with Crippen molar-refractivity contribution >= 4 is 11.8 Å². The van der Waals surface area contributed by atoms with E-state index in [1.807, 2.05) is 7.05 Å². The van der Waals surface area contributed by atoms with Gasteiger partial charge in [-0.1, -0.05) is 0 Å². The van der Waals surface area contributed by atoms with Crippen LogP contribution in [-0.4, -0.2) is 23.0 Å². The van der Waals surface area contributed by atoms with E-state index < -0.39 is 0 Å². The van der Waals surface area contributed by atoms with Crippen LogP contribution in [0.25, 0.3) is 0 Å². The highest BCUT2D eigenvalue weighted by Gasteiger charge is 2.20. The molecule has 1 aliphatic rings. The van der Waals surface area contributed by atoms with Crippen molar-refractivity contribution in [3.8, 4) is 0 Å². The molecule has 0 saturated carbocycles. The van der Waals surface area contributed by atoms with Gasteiger partial charge < -0.3 is 16.0 Å². The predicted octanol–water partition coefficient (Wildman–Crippen LogP) is -0.632. The largest absolute Gasteiger partial charge is 0.370 e. The normalized spacial score (nSPS) is 21.1. The number of H-pyrrole nitrogens is 1. The lowest BCUT2D eigenvalue weighted by Crippen LogP contribution is -2.31. The molecule has 0 spiro atoms. The highest BCUT2D eigenvalue weighted by Crippen LogP contribution is 2.22. The third kappa shape index (κ3) is 0.928. The Kier molecular flexibility index (Phi) is 1.47. The standard InChI is InChI=1S/C6H10N6/c1-8-4-3-5(10-2-9-3)12-6(7)11-4/h2,4,8H,1H3,(H,9,10)(H3,7,11,12). The van der Waals surface area contributed by atoms with Crippen molar-refractivity contribution in [1.82, 2.24) is 15.3 Å². The molecule has 0 fully saturated rings. The van der Waals surface area contributed by atoms with Gasteiger partial charge in [0.1, 0.15) is 6.17 Å². The van der Waals surface area contributed by atoms with Gasteiger partial charge in [-0.05, 0) is 7.05 Å². The monoisotopic (exact) mass is 166 g/mol. The summed E-state index contributed by atoms with van der Waals surface area (Å²) in [5.74, 6) is 1.12. The van der Waals surface area contributed by atoms with E-state index in [2.05, 4.69) is 25.6 Å². The Hall–Kier alpha value is -1.56. The van der Waals surface area contributed by atoms with Gasteiger partial charge in [-0.25, -0.2) is 9.98 Å². The maximum Gasteiger partial charge on any atom is 0.196 e. The summed E-state index contributed by atoms with van der Waals surface area (Å²) in [7, 11) is 1.82. The molecule has 1 aromatic rings. The molecule has 1 aromatic heterocycles. The average Bonchev–Trinajstić information content (AvgIpc) is 2.50. The van der Waals surface area contributed by atoms with Crippen LogP contribution < -0.4 is 16.4 Å². The summed E-state index contributed by atoms with van der Waals surface area (Å²) in [6.07, 6.45) is 1.49. The molecule has 1 aliphatic heterocycles. The van der Waals surface area contributed by atoms with Crippen molar-refractivity contribution in [1.29, 1.82) is 0 Å². The van der Waals surface area contributed by atoms with E-state index >= 15 is 0 Å². The number of aromatic amines is 1. The average molecular weight is 166 g/mol. The molecule has 5 N–H and O–H groups in total. The van der Waals surface area contributed by atoms with Crippen molar-refractivity contribution in [2.45, 2.75) is 6.17 Å². The number of aliphatic imine (C=N–C) groups is 1. The molecule has 0 saturated heterocycles. The van der Waals surface area contributed by atoms with E-state index in [9.17, 15) is 0 Å². The van der Waals surface area contributed by atoms with Gasteiger partial charge >= 0.3 is 0 Å². The van der Waals surface area contributed by atoms with Gasteiger partial charge in [0, 0.05) is 0 Å². The molecule has 1 atom stereocenters. The van der Waals surface area contributed by atoms with E-state index in [1.165, 1.54) is 0 Å². The van der Waals surface area contributed by atoms with Crippen molar-refractivity contribution in [3.63, 3.8) is 0 Å². The minimum Gasteiger partial charge on any atom is -0.370 e. The number of hydrogen-bond acceptors (Lipinski definition) is 5. The predicted molar refractivity (Wildman–Crippen MR) is 45.6 cm³/mol. The number of nitrogens with zero attached hydrogens (tertiary/aromatic N) is 2. The molecule has 0 aliphatic carbocycles. The van der Waals surface area contributed by atoms with E-state index in [0.29, 0.717) is 5.96 Å². The Labute approximate surface area is 69.3 Å². The fourth-order valence-corrected chi connectivity index (χ4v) is 1.18. The molecule has 6 heteroatoms. The lowest BCUT2D eigenvalue weighted by molar-refractivity contribution is 0.606. The maximum absolute atomic E-state index is 5.52. The molecule has 1 unspecified atom stereocenters. The quantitative estimate of drug-likeness (QED) is 0.447. The first-order chi connectivity index (χ1) is 5.81. The second-order valence-electron chi connectivity index (χ2n) is 2.50. The number of nitrogens with one attached hydrogen (secondary N) is 3. The Bertz CT molecular complexity index is 314. The van der Waals surface area contributed by atoms with Crippen LogP contribution in [0.5, 0.6) is 0 Å². The third-order valence-electron chi connectivity index (χ3n) is 1.73. The second-order valence-corrected chi connectivity index (χ2v) is 2.50. The van der Waals surface area contributed by atoms with Gasteiger partial charge in [0.15, 0.2) is 11.8 Å². The van der Waals surface area contributed by atoms with E-state index in [1.54, 1.807) is 6.33 Å². The van der Waals surface area contributed by atoms with E-state index in [4.69, 9.17) is 5.73 Å². The summed E-state index contributed by atoms with van der Waals surface area (Å²) in [6.45, 7) is 0. The van der Waals surface area contributed by atoms with Crippen molar-refractivity contribution in [2.24, 2.45) is 10.7 Å². The van der Waals surface area contributed by atoms with Crippen LogP contribution in [0.2, 0.25) is 0 Å². The van der Waals surface area contributed by atoms with Crippen molar-refractivity contribution in [2.75, 3.05) is 12.4 Å². The van der Waals surface area contributed by atoms with E-state index in [0.717, 1.165) is 11.5 Å². The summed E-state index contributed by atoms with van der Waals surface area (Å²) in [6, 6.07) is 0. The number of nitrogens with two attached hydrogens (primary N) is 1. The SMILES string of the molecule is CNC1N=C(N)Nc2nc[nH]c21. The lowest BCUT2D eigenvalue weighted by atomic mass is 10.3. The van der Waals surface area contributed by atoms with Gasteiger partial charge in [0.05, 0.1) is 12.0 Å². The van der Waals surface area contributed by atoms with Crippen LogP contribution in [0.4, 0.5) is 5.82 Å². The number of guanidine groups is 1. The molecule has 12 heavy (non-hydrogen) atoms. The zero-order valence-electron chi connectivity index (χ0n) is 6.63. The van der Waals surface area contributed by atoms with Gasteiger partial charge in [-0.3, -0.25) is 5.32 Å². The molecule has 0 radical (unpaired) electrons. The fraction of sp³-hybridized carbons (Fsp3) is 0.333. The molecular weight excluding hydrogens is 156 g/mol. The minimum atomic E-state index is -0.122. The summed E-state index contributed by atoms with van der Waals surface area (Å²) in [5, 5.41) is 5.85. The van der Waals surface area contributed by atoms with Crippen molar-refractivity contribution < 1.29 is 0 Å². The van der Waals surface area contributed by atoms with E-state index in [-0.39, 0.29) is 6.17 Å². The maximum atomic E-state index is 5.52. The fourth-order valence-electron chi connectivity index (χ4n) is 1.18. The number of fused-ring (bicyclic) bond motifs is 1. The molecule has 0 aromatic carbocycles. The topological polar surface area (TPSA) is 91.1 Å². The van der Waals surface area contributed by atoms with Crippen LogP contribution in [0.15, 0.2) is 11.3 Å². The highest BCUT2D eigenvalue weighted by atomic mass is 15.2. The molecule has 0 bridgehead atoms. The summed E-state index contributed by atoms with van der Waals surface area (Å²) in [5.41, 5.74) is 6.43. The smallest absolute Gasteiger partial charge is 0.196 e. The van der Waals surface area contributed by atoms with Crippen LogP contribution in [0.1, 0.15) is 11.9 Å². The van der Waals surface area contributed by atoms with Crippen molar-refractivity contribution in [3.05, 3.63) is 12.0 Å². The Morgan fingerprint density at radius 2 is 2.50 bits per heavy atom. The van der Waals surface area contributed by atoms with Crippen LogP contribution >= 0.6 is 0 Å². The Balaban J connectivity index is 2.40. The molecule has 64 valence electrons. The van der Waals surface area contributed by atoms with Crippen LogP contribution in [0.3, 0.4) is 0 Å². The minimum absolute atomic E-state index is 0.122. The summed E-state index contributed by atoms with van der Waals surface area (Å²) in [4.78, 5) is 11.1. The molecule has 6 nitrogen and oxygen atoms in total. The second kappa shape index (κ2) is 2.49. The van der Waals surface area contributed by atoms with Crippen LogP contribution in [-0.2, 0) is 0 Å². The molecule has 0 amide bonds. The highest BCUT2D eigenvalue weighted by molar-refractivity contribution is 5.93. The molecule has 2 rings (SSSR count). The lowest BCUT2D eigenvalue weighted by Gasteiger charge is -2.18. The van der Waals surface area contributed by atoms with Crippen LogP contribution in [0, 0.1) is 0 Å². The first-order valence-electron chi connectivity index (χ1n) is 3.62. The number of rotatable bonds is 1. The third-order valence-corrected chi connectivity index (χ3v) is 1.73. The number of imidazole rings is 1. The Morgan fingerprint density at radius 1 is 1.67 bits per heavy atom. The zero-order valence-corrected chi connectivity index (χ0v) is 6.63.